The minimum absolute atomic E-state index is 0.0156. The predicted octanol–water partition coefficient (Wildman–Crippen LogP) is 3.19. The van der Waals surface area contributed by atoms with Gasteiger partial charge in [0.15, 0.2) is 17.4 Å². The maximum absolute atomic E-state index is 12.9. The zero-order valence-corrected chi connectivity index (χ0v) is 7.45. The third-order valence-electron chi connectivity index (χ3n) is 1.73. The Balaban J connectivity index is 3.43. The molecule has 0 bridgehead atoms. The Morgan fingerprint density at radius 3 is 2.13 bits per heavy atom. The van der Waals surface area contributed by atoms with Gasteiger partial charge in [-0.15, -0.1) is 0 Å². The molecule has 82 valence electrons. The van der Waals surface area contributed by atoms with E-state index >= 15 is 0 Å². The number of ketones is 1. The lowest BCUT2D eigenvalue weighted by Crippen LogP contribution is -2.10. The molecule has 0 aromatic heterocycles. The summed E-state index contributed by atoms with van der Waals surface area (Å²) in [4.78, 5) is 10.7. The SMILES string of the molecule is CC(=O)c1cc(C(F)(F)F)cc(F)c1F. The topological polar surface area (TPSA) is 17.1 Å². The van der Waals surface area contributed by atoms with Crippen LogP contribution in [0.4, 0.5) is 22.0 Å². The van der Waals surface area contributed by atoms with E-state index in [0.29, 0.717) is 6.07 Å². The van der Waals surface area contributed by atoms with Crippen LogP contribution in [0.15, 0.2) is 12.1 Å². The van der Waals surface area contributed by atoms with Crippen LogP contribution in [-0.4, -0.2) is 5.78 Å². The summed E-state index contributed by atoms with van der Waals surface area (Å²) in [6, 6.07) is 0.308. The lowest BCUT2D eigenvalue weighted by molar-refractivity contribution is -0.137. The van der Waals surface area contributed by atoms with E-state index in [0.717, 1.165) is 6.92 Å². The highest BCUT2D eigenvalue weighted by Crippen LogP contribution is 2.31. The average molecular weight is 224 g/mol. The van der Waals surface area contributed by atoms with Crippen LogP contribution in [0.3, 0.4) is 0 Å². The Kier molecular flexibility index (Phi) is 2.79. The molecule has 0 saturated carbocycles. The normalized spacial score (nSPS) is 11.6. The number of alkyl halides is 3. The number of halogens is 5. The molecule has 0 aliphatic carbocycles. The summed E-state index contributed by atoms with van der Waals surface area (Å²) < 4.78 is 62.0. The Labute approximate surface area is 81.5 Å². The molecular formula is C9H5F5O. The summed E-state index contributed by atoms with van der Waals surface area (Å²) in [6.45, 7) is 0.859. The van der Waals surface area contributed by atoms with Gasteiger partial charge in [0.1, 0.15) is 0 Å². The van der Waals surface area contributed by atoms with Gasteiger partial charge < -0.3 is 0 Å². The van der Waals surface area contributed by atoms with E-state index in [2.05, 4.69) is 0 Å². The first kappa shape index (κ1) is 11.6. The standard InChI is InChI=1S/C9H5F5O/c1-4(15)6-2-5(9(12,13)14)3-7(10)8(6)11/h2-3H,1H3. The van der Waals surface area contributed by atoms with E-state index < -0.39 is 34.7 Å². The van der Waals surface area contributed by atoms with Crippen molar-refractivity contribution in [3.05, 3.63) is 34.9 Å². The smallest absolute Gasteiger partial charge is 0.294 e. The highest BCUT2D eigenvalue weighted by Gasteiger charge is 2.33. The molecule has 0 N–H and O–H groups in total. The molecule has 0 amide bonds. The molecule has 6 heteroatoms. The van der Waals surface area contributed by atoms with Gasteiger partial charge in [-0.05, 0) is 19.1 Å². The van der Waals surface area contributed by atoms with Crippen molar-refractivity contribution in [2.24, 2.45) is 0 Å². The van der Waals surface area contributed by atoms with E-state index in [4.69, 9.17) is 0 Å². The van der Waals surface area contributed by atoms with Crippen LogP contribution in [0, 0.1) is 11.6 Å². The second-order valence-corrected chi connectivity index (χ2v) is 2.87. The summed E-state index contributed by atoms with van der Waals surface area (Å²) in [5, 5.41) is 0. The van der Waals surface area contributed by atoms with Crippen molar-refractivity contribution in [1.29, 1.82) is 0 Å². The van der Waals surface area contributed by atoms with Gasteiger partial charge in [-0.25, -0.2) is 8.78 Å². The molecule has 0 atom stereocenters. The van der Waals surface area contributed by atoms with Crippen molar-refractivity contribution >= 4 is 5.78 Å². The minimum Gasteiger partial charge on any atom is -0.294 e. The predicted molar refractivity (Wildman–Crippen MR) is 41.4 cm³/mol. The van der Waals surface area contributed by atoms with Gasteiger partial charge in [0.25, 0.3) is 0 Å². The molecule has 1 aromatic rings. The summed E-state index contributed by atoms with van der Waals surface area (Å²) in [5.74, 6) is -4.21. The monoisotopic (exact) mass is 224 g/mol. The maximum Gasteiger partial charge on any atom is 0.416 e. The lowest BCUT2D eigenvalue weighted by atomic mass is 10.1. The quantitative estimate of drug-likeness (QED) is 0.528. The van der Waals surface area contributed by atoms with Crippen LogP contribution in [-0.2, 0) is 6.18 Å². The van der Waals surface area contributed by atoms with Crippen LogP contribution in [0.1, 0.15) is 22.8 Å². The highest BCUT2D eigenvalue weighted by atomic mass is 19.4. The van der Waals surface area contributed by atoms with E-state index in [1.165, 1.54) is 0 Å². The molecule has 15 heavy (non-hydrogen) atoms. The van der Waals surface area contributed by atoms with Gasteiger partial charge in [-0.2, -0.15) is 13.2 Å². The molecule has 1 nitrogen and oxygen atoms in total. The molecule has 0 unspecified atom stereocenters. The first-order valence-corrected chi connectivity index (χ1v) is 3.80. The van der Waals surface area contributed by atoms with Crippen LogP contribution in [0.5, 0.6) is 0 Å². The molecule has 0 heterocycles. The van der Waals surface area contributed by atoms with Crippen LogP contribution >= 0.6 is 0 Å². The summed E-state index contributed by atoms with van der Waals surface area (Å²) >= 11 is 0. The number of Topliss-reactive ketones (excluding diaryl/α,β-unsaturated/α-hetero) is 1. The molecule has 0 fully saturated rings. The second kappa shape index (κ2) is 3.60. The molecule has 0 spiro atoms. The third kappa shape index (κ3) is 2.31. The molecule has 0 aliphatic rings. The molecule has 1 rings (SSSR count). The highest BCUT2D eigenvalue weighted by molar-refractivity contribution is 5.94. The summed E-state index contributed by atoms with van der Waals surface area (Å²) in [6.07, 6.45) is -4.81. The maximum atomic E-state index is 12.9. The van der Waals surface area contributed by atoms with Gasteiger partial charge in [0.2, 0.25) is 0 Å². The molecule has 0 saturated heterocycles. The fourth-order valence-electron chi connectivity index (χ4n) is 1.01. The average Bonchev–Trinajstić information content (AvgIpc) is 2.06. The Hall–Kier alpha value is -1.46. The summed E-state index contributed by atoms with van der Waals surface area (Å²) in [5.41, 5.74) is -2.28. The van der Waals surface area contributed by atoms with Crippen molar-refractivity contribution in [3.63, 3.8) is 0 Å². The van der Waals surface area contributed by atoms with Crippen LogP contribution in [0.2, 0.25) is 0 Å². The van der Waals surface area contributed by atoms with Gasteiger partial charge in [0, 0.05) is 0 Å². The molecule has 1 aromatic carbocycles. The number of hydrogen-bond donors (Lipinski definition) is 0. The molecule has 0 aliphatic heterocycles. The number of benzene rings is 1. The lowest BCUT2D eigenvalue weighted by Gasteiger charge is -2.08. The van der Waals surface area contributed by atoms with Crippen LogP contribution in [0.25, 0.3) is 0 Å². The zero-order valence-electron chi connectivity index (χ0n) is 7.45. The van der Waals surface area contributed by atoms with E-state index in [1.54, 1.807) is 0 Å². The largest absolute Gasteiger partial charge is 0.416 e. The number of carbonyl (C=O) groups is 1. The third-order valence-corrected chi connectivity index (χ3v) is 1.73. The first-order valence-electron chi connectivity index (χ1n) is 3.80. The Morgan fingerprint density at radius 2 is 1.73 bits per heavy atom. The van der Waals surface area contributed by atoms with Gasteiger partial charge >= 0.3 is 6.18 Å². The number of rotatable bonds is 1. The van der Waals surface area contributed by atoms with Crippen molar-refractivity contribution in [1.82, 2.24) is 0 Å². The fraction of sp³-hybridized carbons (Fsp3) is 0.222. The number of hydrogen-bond acceptors (Lipinski definition) is 1. The van der Waals surface area contributed by atoms with Gasteiger partial charge in [-0.3, -0.25) is 4.79 Å². The fourth-order valence-corrected chi connectivity index (χ4v) is 1.01. The number of carbonyl (C=O) groups excluding carboxylic acids is 1. The summed E-state index contributed by atoms with van der Waals surface area (Å²) in [7, 11) is 0. The van der Waals surface area contributed by atoms with Gasteiger partial charge in [0.05, 0.1) is 11.1 Å². The Morgan fingerprint density at radius 1 is 1.20 bits per heavy atom. The second-order valence-electron chi connectivity index (χ2n) is 2.87. The van der Waals surface area contributed by atoms with Crippen molar-refractivity contribution in [3.8, 4) is 0 Å². The Bertz CT molecular complexity index is 408. The molecule has 0 radical (unpaired) electrons. The van der Waals surface area contributed by atoms with Crippen LogP contribution < -0.4 is 0 Å². The minimum atomic E-state index is -4.81. The zero-order chi connectivity index (χ0) is 11.8. The van der Waals surface area contributed by atoms with E-state index in [-0.39, 0.29) is 6.07 Å². The van der Waals surface area contributed by atoms with E-state index in [9.17, 15) is 26.7 Å². The van der Waals surface area contributed by atoms with Gasteiger partial charge in [-0.1, -0.05) is 0 Å². The first-order chi connectivity index (χ1) is 6.73. The van der Waals surface area contributed by atoms with Crippen molar-refractivity contribution in [2.45, 2.75) is 13.1 Å². The van der Waals surface area contributed by atoms with Crippen molar-refractivity contribution < 1.29 is 26.7 Å². The van der Waals surface area contributed by atoms with Crippen molar-refractivity contribution in [2.75, 3.05) is 0 Å². The van der Waals surface area contributed by atoms with E-state index in [1.807, 2.05) is 0 Å². The molecular weight excluding hydrogens is 219 g/mol.